The number of allylic oxidation sites excluding steroid dienone is 3. The second-order valence-electron chi connectivity index (χ2n) is 11.4. The minimum absolute atomic E-state index is 0.0841. The molecule has 0 aromatic rings. The van der Waals surface area contributed by atoms with Gasteiger partial charge in [0.05, 0.1) is 6.10 Å². The number of aliphatic hydroxyl groups excluding tert-OH is 1. The minimum Gasteiger partial charge on any atom is -0.393 e. The van der Waals surface area contributed by atoms with E-state index >= 15 is 0 Å². The van der Waals surface area contributed by atoms with Gasteiger partial charge < -0.3 is 5.11 Å². The third kappa shape index (κ3) is 3.17. The topological polar surface area (TPSA) is 20.2 Å². The Balaban J connectivity index is 1.57. The highest BCUT2D eigenvalue weighted by atomic mass is 16.3. The molecule has 152 valence electrons. The SMILES string of the molecule is CC(C)/C=C/[C@H](C)[C@H]1CC[C@@H]2[C@H]3CC=C4C[C@@H](O)CC[C@]4(C)[C@@H]3CC[C@@]21C. The highest BCUT2D eigenvalue weighted by molar-refractivity contribution is 5.25. The summed E-state index contributed by atoms with van der Waals surface area (Å²) in [7, 11) is 0. The molecule has 0 heterocycles. The smallest absolute Gasteiger partial charge is 0.0577 e. The molecule has 0 spiro atoms. The van der Waals surface area contributed by atoms with Crippen molar-refractivity contribution in [2.75, 3.05) is 0 Å². The van der Waals surface area contributed by atoms with E-state index in [1.807, 2.05) is 0 Å². The first-order valence-corrected chi connectivity index (χ1v) is 11.8. The lowest BCUT2D eigenvalue weighted by atomic mass is 9.47. The van der Waals surface area contributed by atoms with Gasteiger partial charge in [-0.2, -0.15) is 0 Å². The fourth-order valence-electron chi connectivity index (χ4n) is 8.08. The van der Waals surface area contributed by atoms with Crippen LogP contribution in [0.4, 0.5) is 0 Å². The van der Waals surface area contributed by atoms with Crippen molar-refractivity contribution in [2.24, 2.45) is 46.3 Å². The Morgan fingerprint density at radius 3 is 2.52 bits per heavy atom. The summed E-state index contributed by atoms with van der Waals surface area (Å²) in [5, 5.41) is 10.2. The Morgan fingerprint density at radius 1 is 1.00 bits per heavy atom. The van der Waals surface area contributed by atoms with Gasteiger partial charge >= 0.3 is 0 Å². The average Bonchev–Trinajstić information content (AvgIpc) is 2.97. The third-order valence-corrected chi connectivity index (χ3v) is 9.59. The minimum atomic E-state index is -0.0841. The molecule has 0 aromatic heterocycles. The van der Waals surface area contributed by atoms with Crippen LogP contribution >= 0.6 is 0 Å². The first-order valence-electron chi connectivity index (χ1n) is 11.8. The number of hydrogen-bond donors (Lipinski definition) is 1. The lowest BCUT2D eigenvalue weighted by Gasteiger charge is -2.58. The molecule has 3 fully saturated rings. The van der Waals surface area contributed by atoms with Crippen molar-refractivity contribution >= 4 is 0 Å². The Morgan fingerprint density at radius 2 is 1.78 bits per heavy atom. The van der Waals surface area contributed by atoms with E-state index in [-0.39, 0.29) is 6.10 Å². The van der Waals surface area contributed by atoms with Crippen LogP contribution in [0.15, 0.2) is 23.8 Å². The zero-order valence-electron chi connectivity index (χ0n) is 18.4. The molecule has 3 saturated carbocycles. The van der Waals surface area contributed by atoms with Crippen LogP contribution in [0.5, 0.6) is 0 Å². The van der Waals surface area contributed by atoms with Crippen molar-refractivity contribution in [1.29, 1.82) is 0 Å². The van der Waals surface area contributed by atoms with E-state index in [0.29, 0.717) is 22.7 Å². The second-order valence-corrected chi connectivity index (χ2v) is 11.4. The van der Waals surface area contributed by atoms with Gasteiger partial charge in [0.1, 0.15) is 0 Å². The fourth-order valence-corrected chi connectivity index (χ4v) is 8.08. The fraction of sp³-hybridized carbons (Fsp3) is 0.846. The Hall–Kier alpha value is -0.560. The molecule has 8 atom stereocenters. The molecule has 0 amide bonds. The van der Waals surface area contributed by atoms with Gasteiger partial charge in [-0.3, -0.25) is 0 Å². The van der Waals surface area contributed by atoms with Crippen molar-refractivity contribution in [1.82, 2.24) is 0 Å². The van der Waals surface area contributed by atoms with Crippen LogP contribution in [0.25, 0.3) is 0 Å². The highest BCUT2D eigenvalue weighted by Gasteiger charge is 2.58. The molecule has 0 aliphatic heterocycles. The monoisotopic (exact) mass is 370 g/mol. The van der Waals surface area contributed by atoms with Gasteiger partial charge in [0, 0.05) is 0 Å². The van der Waals surface area contributed by atoms with Crippen LogP contribution in [-0.2, 0) is 0 Å². The van der Waals surface area contributed by atoms with E-state index in [0.717, 1.165) is 36.5 Å². The summed E-state index contributed by atoms with van der Waals surface area (Å²) in [5.74, 6) is 4.91. The van der Waals surface area contributed by atoms with Crippen molar-refractivity contribution in [2.45, 2.75) is 92.1 Å². The van der Waals surface area contributed by atoms with E-state index in [1.165, 1.54) is 38.5 Å². The molecule has 0 saturated heterocycles. The molecular weight excluding hydrogens is 328 g/mol. The summed E-state index contributed by atoms with van der Waals surface area (Å²) >= 11 is 0. The lowest BCUT2D eigenvalue weighted by molar-refractivity contribution is -0.0540. The third-order valence-electron chi connectivity index (χ3n) is 9.59. The van der Waals surface area contributed by atoms with Crippen molar-refractivity contribution in [3.05, 3.63) is 23.8 Å². The van der Waals surface area contributed by atoms with E-state index in [2.05, 4.69) is 52.8 Å². The molecule has 4 aliphatic rings. The quantitative estimate of drug-likeness (QED) is 0.543. The van der Waals surface area contributed by atoms with Crippen LogP contribution in [0.1, 0.15) is 86.0 Å². The number of hydrogen-bond acceptors (Lipinski definition) is 1. The predicted molar refractivity (Wildman–Crippen MR) is 114 cm³/mol. The first-order chi connectivity index (χ1) is 12.8. The lowest BCUT2D eigenvalue weighted by Crippen LogP contribution is -2.50. The summed E-state index contributed by atoms with van der Waals surface area (Å²) < 4.78 is 0. The van der Waals surface area contributed by atoms with E-state index < -0.39 is 0 Å². The van der Waals surface area contributed by atoms with E-state index in [9.17, 15) is 5.11 Å². The zero-order chi connectivity index (χ0) is 19.4. The maximum Gasteiger partial charge on any atom is 0.0577 e. The molecule has 0 aromatic carbocycles. The summed E-state index contributed by atoms with van der Waals surface area (Å²) in [6.45, 7) is 12.3. The van der Waals surface area contributed by atoms with Crippen LogP contribution < -0.4 is 0 Å². The molecule has 4 rings (SSSR count). The van der Waals surface area contributed by atoms with Gasteiger partial charge in [-0.25, -0.2) is 0 Å². The molecule has 4 aliphatic carbocycles. The molecule has 0 bridgehead atoms. The Kier molecular flexibility index (Phi) is 5.15. The zero-order valence-corrected chi connectivity index (χ0v) is 18.4. The Labute approximate surface area is 167 Å². The molecule has 1 N–H and O–H groups in total. The van der Waals surface area contributed by atoms with Crippen molar-refractivity contribution in [3.63, 3.8) is 0 Å². The van der Waals surface area contributed by atoms with Crippen LogP contribution in [0.3, 0.4) is 0 Å². The molecule has 1 heteroatoms. The van der Waals surface area contributed by atoms with Gasteiger partial charge in [0.25, 0.3) is 0 Å². The summed E-state index contributed by atoms with van der Waals surface area (Å²) in [6, 6.07) is 0. The van der Waals surface area contributed by atoms with Gasteiger partial charge in [-0.15, -0.1) is 0 Å². The summed E-state index contributed by atoms with van der Waals surface area (Å²) in [6.07, 6.45) is 17.6. The van der Waals surface area contributed by atoms with Gasteiger partial charge in [0.15, 0.2) is 0 Å². The van der Waals surface area contributed by atoms with Crippen LogP contribution in [0.2, 0.25) is 0 Å². The van der Waals surface area contributed by atoms with Gasteiger partial charge in [0.2, 0.25) is 0 Å². The average molecular weight is 371 g/mol. The van der Waals surface area contributed by atoms with Crippen molar-refractivity contribution < 1.29 is 5.11 Å². The standard InChI is InChI=1S/C26H42O/c1-17(2)6-7-18(3)22-10-11-23-21-9-8-19-16-20(27)12-14-25(19,4)24(21)13-15-26(22,23)5/h6-8,17-18,20-24,27H,9-16H2,1-5H3/b7-6+/t18-,20-,21+,22+,23+,24+,25-,26+/m0/s1. The number of rotatable bonds is 3. The van der Waals surface area contributed by atoms with Crippen LogP contribution in [-0.4, -0.2) is 11.2 Å². The maximum atomic E-state index is 10.2. The largest absolute Gasteiger partial charge is 0.393 e. The normalized spacial score (nSPS) is 48.1. The number of fused-ring (bicyclic) bond motifs is 5. The second kappa shape index (κ2) is 7.05. The van der Waals surface area contributed by atoms with Crippen molar-refractivity contribution in [3.8, 4) is 0 Å². The van der Waals surface area contributed by atoms with Crippen LogP contribution in [0, 0.1) is 46.3 Å². The number of aliphatic hydroxyl groups is 1. The molecule has 0 unspecified atom stereocenters. The molecule has 0 radical (unpaired) electrons. The maximum absolute atomic E-state index is 10.2. The molecule has 1 nitrogen and oxygen atoms in total. The van der Waals surface area contributed by atoms with Gasteiger partial charge in [-0.1, -0.05) is 58.4 Å². The summed E-state index contributed by atoms with van der Waals surface area (Å²) in [4.78, 5) is 0. The van der Waals surface area contributed by atoms with E-state index in [4.69, 9.17) is 0 Å². The van der Waals surface area contributed by atoms with E-state index in [1.54, 1.807) is 5.57 Å². The van der Waals surface area contributed by atoms with Gasteiger partial charge in [-0.05, 0) is 97.7 Å². The first kappa shape index (κ1) is 19.7. The highest BCUT2D eigenvalue weighted by Crippen LogP contribution is 2.67. The predicted octanol–water partition coefficient (Wildman–Crippen LogP) is 6.77. The molecular formula is C26H42O. The molecule has 27 heavy (non-hydrogen) atoms. The Bertz CT molecular complexity index is 616. The summed E-state index contributed by atoms with van der Waals surface area (Å²) in [5.41, 5.74) is 2.52.